The molecule has 1 saturated carbocycles. The number of aromatic nitrogens is 2. The Morgan fingerprint density at radius 3 is 2.68 bits per heavy atom. The maximum Gasteiger partial charge on any atom is 0.254 e. The summed E-state index contributed by atoms with van der Waals surface area (Å²) in [6.07, 6.45) is 10.9. The average Bonchev–Trinajstić information content (AvgIpc) is 3.25. The molecule has 2 aliphatic rings. The molecule has 0 radical (unpaired) electrons. The minimum absolute atomic E-state index is 0.0727. The van der Waals surface area contributed by atoms with Gasteiger partial charge in [-0.25, -0.2) is 4.98 Å². The molecule has 0 unspecified atom stereocenters. The molecule has 2 heterocycles. The summed E-state index contributed by atoms with van der Waals surface area (Å²) in [6, 6.07) is 7.83. The highest BCUT2D eigenvalue weighted by Crippen LogP contribution is 2.41. The average molecular weight is 337 g/mol. The summed E-state index contributed by atoms with van der Waals surface area (Å²) in [5.41, 5.74) is 1.80. The van der Waals surface area contributed by atoms with E-state index in [-0.39, 0.29) is 17.2 Å². The normalized spacial score (nSPS) is 19.0. The van der Waals surface area contributed by atoms with Crippen molar-refractivity contribution in [3.05, 3.63) is 54.1 Å². The molecule has 5 heteroatoms. The molecule has 1 aromatic heterocycles. The first-order valence-corrected chi connectivity index (χ1v) is 9.05. The summed E-state index contributed by atoms with van der Waals surface area (Å²) < 4.78 is 1.57. The van der Waals surface area contributed by atoms with Crippen LogP contribution in [0.1, 0.15) is 59.2 Å². The Labute approximate surface area is 147 Å². The van der Waals surface area contributed by atoms with Crippen LogP contribution in [0.3, 0.4) is 0 Å². The molecule has 0 atom stereocenters. The van der Waals surface area contributed by atoms with E-state index in [4.69, 9.17) is 0 Å². The van der Waals surface area contributed by atoms with E-state index in [1.54, 1.807) is 23.3 Å². The van der Waals surface area contributed by atoms with Crippen molar-refractivity contribution in [2.45, 2.75) is 45.1 Å². The van der Waals surface area contributed by atoms with Crippen LogP contribution in [-0.2, 0) is 6.54 Å². The zero-order valence-corrected chi connectivity index (χ0v) is 14.4. The monoisotopic (exact) mass is 337 g/mol. The zero-order valence-electron chi connectivity index (χ0n) is 14.4. The SMILES string of the molecule is O=C1c2ccccc2CN1CC1(CC(=O)n2ccnc2)CCCCC1. The van der Waals surface area contributed by atoms with Crippen molar-refractivity contribution in [3.63, 3.8) is 0 Å². The first-order chi connectivity index (χ1) is 12.2. The van der Waals surface area contributed by atoms with Gasteiger partial charge in [-0.3, -0.25) is 14.2 Å². The molecule has 1 fully saturated rings. The van der Waals surface area contributed by atoms with Crippen LogP contribution in [0.4, 0.5) is 0 Å². The van der Waals surface area contributed by atoms with Crippen LogP contribution in [0, 0.1) is 5.41 Å². The van der Waals surface area contributed by atoms with Gasteiger partial charge in [-0.2, -0.15) is 0 Å². The minimum Gasteiger partial charge on any atom is -0.334 e. The quantitative estimate of drug-likeness (QED) is 0.858. The second kappa shape index (κ2) is 6.47. The van der Waals surface area contributed by atoms with Crippen LogP contribution in [0.25, 0.3) is 0 Å². The Bertz CT molecular complexity index is 776. The van der Waals surface area contributed by atoms with Crippen LogP contribution in [0.5, 0.6) is 0 Å². The highest BCUT2D eigenvalue weighted by Gasteiger charge is 2.39. The second-order valence-corrected chi connectivity index (χ2v) is 7.42. The second-order valence-electron chi connectivity index (χ2n) is 7.42. The first-order valence-electron chi connectivity index (χ1n) is 9.05. The fourth-order valence-corrected chi connectivity index (χ4v) is 4.36. The van der Waals surface area contributed by atoms with Gasteiger partial charge in [0, 0.05) is 37.5 Å². The van der Waals surface area contributed by atoms with E-state index < -0.39 is 0 Å². The number of benzene rings is 1. The van der Waals surface area contributed by atoms with Gasteiger partial charge in [-0.15, -0.1) is 0 Å². The fourth-order valence-electron chi connectivity index (χ4n) is 4.36. The highest BCUT2D eigenvalue weighted by atomic mass is 16.2. The van der Waals surface area contributed by atoms with Crippen molar-refractivity contribution >= 4 is 11.8 Å². The highest BCUT2D eigenvalue weighted by molar-refractivity contribution is 5.98. The number of imidazole rings is 1. The van der Waals surface area contributed by atoms with Crippen molar-refractivity contribution in [1.29, 1.82) is 0 Å². The van der Waals surface area contributed by atoms with E-state index in [1.807, 2.05) is 29.2 Å². The van der Waals surface area contributed by atoms with Crippen LogP contribution < -0.4 is 0 Å². The Balaban J connectivity index is 1.54. The van der Waals surface area contributed by atoms with Gasteiger partial charge in [0.25, 0.3) is 5.91 Å². The van der Waals surface area contributed by atoms with Crippen LogP contribution in [0.15, 0.2) is 43.0 Å². The summed E-state index contributed by atoms with van der Waals surface area (Å²) in [6.45, 7) is 1.33. The molecule has 0 bridgehead atoms. The molecule has 25 heavy (non-hydrogen) atoms. The number of carbonyl (C=O) groups is 2. The number of carbonyl (C=O) groups excluding carboxylic acids is 2. The molecule has 0 spiro atoms. The van der Waals surface area contributed by atoms with E-state index in [0.29, 0.717) is 19.5 Å². The van der Waals surface area contributed by atoms with Crippen molar-refractivity contribution in [2.24, 2.45) is 5.41 Å². The molecule has 5 nitrogen and oxygen atoms in total. The van der Waals surface area contributed by atoms with E-state index in [1.165, 1.54) is 6.42 Å². The summed E-state index contributed by atoms with van der Waals surface area (Å²) >= 11 is 0. The van der Waals surface area contributed by atoms with Crippen molar-refractivity contribution < 1.29 is 9.59 Å². The summed E-state index contributed by atoms with van der Waals surface area (Å²) in [7, 11) is 0. The molecule has 130 valence electrons. The van der Waals surface area contributed by atoms with Gasteiger partial charge in [-0.1, -0.05) is 37.5 Å². The van der Waals surface area contributed by atoms with Gasteiger partial charge in [0.1, 0.15) is 6.33 Å². The largest absolute Gasteiger partial charge is 0.334 e. The fraction of sp³-hybridized carbons (Fsp3) is 0.450. The molecular formula is C20H23N3O2. The molecule has 1 aromatic carbocycles. The lowest BCUT2D eigenvalue weighted by Crippen LogP contribution is -2.41. The lowest BCUT2D eigenvalue weighted by molar-refractivity contribution is 0.0521. The first kappa shape index (κ1) is 16.1. The van der Waals surface area contributed by atoms with E-state index in [9.17, 15) is 9.59 Å². The number of hydrogen-bond acceptors (Lipinski definition) is 3. The topological polar surface area (TPSA) is 55.2 Å². The summed E-state index contributed by atoms with van der Waals surface area (Å²) in [4.78, 5) is 31.3. The predicted octanol–water partition coefficient (Wildman–Crippen LogP) is 3.52. The third-order valence-corrected chi connectivity index (χ3v) is 5.66. The third-order valence-electron chi connectivity index (χ3n) is 5.66. The maximum atomic E-state index is 12.8. The standard InChI is InChI=1S/C20H23N3O2/c24-18(22-11-10-21-15-22)12-20(8-4-1-5-9-20)14-23-13-16-6-2-3-7-17(16)19(23)25/h2-3,6-7,10-11,15H,1,4-5,8-9,12-14H2. The summed E-state index contributed by atoms with van der Waals surface area (Å²) in [5.74, 6) is 0.180. The number of nitrogens with zero attached hydrogens (tertiary/aromatic N) is 3. The third kappa shape index (κ3) is 3.11. The number of fused-ring (bicyclic) bond motifs is 1. The molecule has 4 rings (SSSR count). The van der Waals surface area contributed by atoms with Gasteiger partial charge in [0.05, 0.1) is 0 Å². The van der Waals surface area contributed by atoms with Gasteiger partial charge < -0.3 is 4.90 Å². The molecule has 0 saturated heterocycles. The lowest BCUT2D eigenvalue weighted by Gasteiger charge is -2.39. The van der Waals surface area contributed by atoms with Gasteiger partial charge in [-0.05, 0) is 29.9 Å². The van der Waals surface area contributed by atoms with Gasteiger partial charge in [0.15, 0.2) is 0 Å². The minimum atomic E-state index is -0.114. The molecule has 0 N–H and O–H groups in total. The maximum absolute atomic E-state index is 12.8. The molecule has 1 aliphatic heterocycles. The number of amides is 1. The van der Waals surface area contributed by atoms with Gasteiger partial charge >= 0.3 is 0 Å². The molecule has 1 amide bonds. The Morgan fingerprint density at radius 2 is 1.96 bits per heavy atom. The van der Waals surface area contributed by atoms with Crippen LogP contribution in [0.2, 0.25) is 0 Å². The van der Waals surface area contributed by atoms with Gasteiger partial charge in [0.2, 0.25) is 5.91 Å². The van der Waals surface area contributed by atoms with Crippen molar-refractivity contribution in [1.82, 2.24) is 14.5 Å². The molecular weight excluding hydrogens is 314 g/mol. The summed E-state index contributed by atoms with van der Waals surface area (Å²) in [5, 5.41) is 0. The van der Waals surface area contributed by atoms with Crippen molar-refractivity contribution in [3.8, 4) is 0 Å². The lowest BCUT2D eigenvalue weighted by atomic mass is 9.71. The Kier molecular flexibility index (Phi) is 4.15. The van der Waals surface area contributed by atoms with Crippen LogP contribution in [-0.4, -0.2) is 32.8 Å². The van der Waals surface area contributed by atoms with E-state index in [2.05, 4.69) is 4.98 Å². The van der Waals surface area contributed by atoms with Crippen molar-refractivity contribution in [2.75, 3.05) is 6.54 Å². The Morgan fingerprint density at radius 1 is 1.16 bits per heavy atom. The van der Waals surface area contributed by atoms with E-state index >= 15 is 0 Å². The van der Waals surface area contributed by atoms with E-state index in [0.717, 1.165) is 36.8 Å². The number of hydrogen-bond donors (Lipinski definition) is 0. The Hall–Kier alpha value is -2.43. The smallest absolute Gasteiger partial charge is 0.254 e. The predicted molar refractivity (Wildman–Crippen MR) is 94.2 cm³/mol. The molecule has 2 aromatic rings. The molecule has 1 aliphatic carbocycles. The van der Waals surface area contributed by atoms with Crippen LogP contribution >= 0.6 is 0 Å². The number of rotatable bonds is 4. The zero-order chi connectivity index (χ0) is 17.3.